The third kappa shape index (κ3) is 3.98. The molecule has 0 aliphatic heterocycles. The van der Waals surface area contributed by atoms with Crippen molar-refractivity contribution in [3.8, 4) is 11.5 Å². The third-order valence-electron chi connectivity index (χ3n) is 3.15. The number of rotatable bonds is 6. The van der Waals surface area contributed by atoms with Gasteiger partial charge in [0.25, 0.3) is 0 Å². The molecule has 3 nitrogen and oxygen atoms in total. The lowest BCUT2D eigenvalue weighted by atomic mass is 10.1. The fraction of sp³-hybridized carbons (Fsp3) is 0.467. The van der Waals surface area contributed by atoms with Crippen LogP contribution in [0.15, 0.2) is 22.2 Å². The van der Waals surface area contributed by atoms with E-state index in [-0.39, 0.29) is 0 Å². The zero-order chi connectivity index (χ0) is 13.8. The second-order valence-corrected chi connectivity index (χ2v) is 5.73. The Labute approximate surface area is 123 Å². The van der Waals surface area contributed by atoms with E-state index in [1.54, 1.807) is 14.2 Å². The summed E-state index contributed by atoms with van der Waals surface area (Å²) in [6.07, 6.45) is 4.79. The van der Waals surface area contributed by atoms with Crippen LogP contribution in [-0.4, -0.2) is 26.8 Å². The van der Waals surface area contributed by atoms with E-state index in [1.165, 1.54) is 18.4 Å². The first-order valence-electron chi connectivity index (χ1n) is 6.46. The Morgan fingerprint density at radius 3 is 2.53 bits per heavy atom. The third-order valence-corrected chi connectivity index (χ3v) is 3.84. The van der Waals surface area contributed by atoms with Gasteiger partial charge in [-0.25, -0.2) is 0 Å². The molecule has 104 valence electrons. The van der Waals surface area contributed by atoms with Gasteiger partial charge >= 0.3 is 0 Å². The summed E-state index contributed by atoms with van der Waals surface area (Å²) in [4.78, 5) is 0. The topological polar surface area (TPSA) is 30.5 Å². The molecule has 1 fully saturated rings. The van der Waals surface area contributed by atoms with Crippen LogP contribution in [0.2, 0.25) is 0 Å². The number of nitrogens with one attached hydrogen (secondary N) is 1. The summed E-state index contributed by atoms with van der Waals surface area (Å²) in [5, 5.41) is 3.51. The molecule has 0 saturated heterocycles. The van der Waals surface area contributed by atoms with Crippen LogP contribution in [0.1, 0.15) is 25.3 Å². The molecule has 19 heavy (non-hydrogen) atoms. The number of benzene rings is 1. The van der Waals surface area contributed by atoms with Crippen LogP contribution in [0.25, 0.3) is 6.08 Å². The highest BCUT2D eigenvalue weighted by Crippen LogP contribution is 2.34. The maximum Gasteiger partial charge on any atom is 0.161 e. The second kappa shape index (κ2) is 6.44. The molecule has 0 bridgehead atoms. The summed E-state index contributed by atoms with van der Waals surface area (Å²) >= 11 is 3.57. The number of hydrogen-bond donors (Lipinski definition) is 1. The van der Waals surface area contributed by atoms with E-state index in [9.17, 15) is 0 Å². The van der Waals surface area contributed by atoms with E-state index in [1.807, 2.05) is 12.1 Å². The molecule has 0 amide bonds. The Hall–Kier alpha value is -1.00. The highest BCUT2D eigenvalue weighted by atomic mass is 79.9. The van der Waals surface area contributed by atoms with E-state index in [4.69, 9.17) is 9.47 Å². The molecular weight excluding hydrogens is 306 g/mol. The van der Waals surface area contributed by atoms with Crippen LogP contribution >= 0.6 is 15.9 Å². The monoisotopic (exact) mass is 325 g/mol. The second-order valence-electron chi connectivity index (χ2n) is 4.87. The summed E-state index contributed by atoms with van der Waals surface area (Å²) < 4.78 is 11.6. The first-order valence-corrected chi connectivity index (χ1v) is 7.25. The largest absolute Gasteiger partial charge is 0.493 e. The van der Waals surface area contributed by atoms with Gasteiger partial charge < -0.3 is 14.8 Å². The SMILES string of the molecule is COc1cc(Br)c(C=C(C)CNC2CC2)cc1OC. The van der Waals surface area contributed by atoms with Crippen molar-refractivity contribution in [2.24, 2.45) is 0 Å². The quantitative estimate of drug-likeness (QED) is 0.866. The fourth-order valence-corrected chi connectivity index (χ4v) is 2.33. The summed E-state index contributed by atoms with van der Waals surface area (Å²) in [6, 6.07) is 4.66. The number of halogens is 1. The lowest BCUT2D eigenvalue weighted by Crippen LogP contribution is -2.18. The minimum absolute atomic E-state index is 0.734. The van der Waals surface area contributed by atoms with Crippen LogP contribution in [-0.2, 0) is 0 Å². The molecule has 1 aliphatic carbocycles. The van der Waals surface area contributed by atoms with Crippen LogP contribution < -0.4 is 14.8 Å². The van der Waals surface area contributed by atoms with Gasteiger partial charge in [-0.1, -0.05) is 27.6 Å². The summed E-state index contributed by atoms with van der Waals surface area (Å²) in [7, 11) is 3.30. The maximum absolute atomic E-state index is 5.33. The predicted octanol–water partition coefficient (Wildman–Crippen LogP) is 3.62. The van der Waals surface area contributed by atoms with Gasteiger partial charge in [0, 0.05) is 17.1 Å². The van der Waals surface area contributed by atoms with E-state index < -0.39 is 0 Å². The predicted molar refractivity (Wildman–Crippen MR) is 81.9 cm³/mol. The smallest absolute Gasteiger partial charge is 0.161 e. The summed E-state index contributed by atoms with van der Waals surface area (Å²) in [5.41, 5.74) is 2.41. The van der Waals surface area contributed by atoms with Crippen molar-refractivity contribution < 1.29 is 9.47 Å². The molecule has 4 heteroatoms. The molecule has 0 radical (unpaired) electrons. The van der Waals surface area contributed by atoms with Gasteiger partial charge in [-0.3, -0.25) is 0 Å². The number of ether oxygens (including phenoxy) is 2. The minimum atomic E-state index is 0.734. The van der Waals surface area contributed by atoms with Crippen molar-refractivity contribution in [3.63, 3.8) is 0 Å². The maximum atomic E-state index is 5.33. The van der Waals surface area contributed by atoms with E-state index in [0.29, 0.717) is 0 Å². The van der Waals surface area contributed by atoms with Gasteiger partial charge in [-0.2, -0.15) is 0 Å². The van der Waals surface area contributed by atoms with Gasteiger partial charge in [-0.05, 0) is 37.5 Å². The Kier molecular flexibility index (Phi) is 4.88. The fourth-order valence-electron chi connectivity index (χ4n) is 1.89. The average molecular weight is 326 g/mol. The molecule has 2 rings (SSSR count). The van der Waals surface area contributed by atoms with Gasteiger partial charge in [0.2, 0.25) is 0 Å². The van der Waals surface area contributed by atoms with E-state index in [0.717, 1.165) is 34.1 Å². The molecule has 0 unspecified atom stereocenters. The van der Waals surface area contributed by atoms with Crippen molar-refractivity contribution in [2.75, 3.05) is 20.8 Å². The Morgan fingerprint density at radius 1 is 1.32 bits per heavy atom. The van der Waals surface area contributed by atoms with Gasteiger partial charge in [-0.15, -0.1) is 0 Å². The molecule has 1 N–H and O–H groups in total. The Balaban J connectivity index is 2.15. The molecule has 0 aromatic heterocycles. The zero-order valence-corrected chi connectivity index (χ0v) is 13.2. The molecule has 1 aromatic carbocycles. The normalized spacial score (nSPS) is 15.5. The minimum Gasteiger partial charge on any atom is -0.493 e. The van der Waals surface area contributed by atoms with Crippen molar-refractivity contribution >= 4 is 22.0 Å². The highest BCUT2D eigenvalue weighted by Gasteiger charge is 2.19. The Morgan fingerprint density at radius 2 is 1.95 bits per heavy atom. The average Bonchev–Trinajstić information content (AvgIpc) is 3.22. The van der Waals surface area contributed by atoms with Gasteiger partial charge in [0.15, 0.2) is 11.5 Å². The molecule has 0 spiro atoms. The number of hydrogen-bond acceptors (Lipinski definition) is 3. The molecule has 1 saturated carbocycles. The van der Waals surface area contributed by atoms with Crippen molar-refractivity contribution in [3.05, 3.63) is 27.7 Å². The summed E-state index contributed by atoms with van der Waals surface area (Å²) in [6.45, 7) is 3.07. The molecule has 0 heterocycles. The zero-order valence-electron chi connectivity index (χ0n) is 11.6. The van der Waals surface area contributed by atoms with E-state index >= 15 is 0 Å². The van der Waals surface area contributed by atoms with Gasteiger partial charge in [0.1, 0.15) is 0 Å². The molecule has 1 aliphatic rings. The Bertz CT molecular complexity index is 481. The van der Waals surface area contributed by atoms with Crippen molar-refractivity contribution in [1.82, 2.24) is 5.32 Å². The first-order chi connectivity index (χ1) is 9.13. The molecule has 1 aromatic rings. The molecular formula is C15H20BrNO2. The first kappa shape index (κ1) is 14.4. The van der Waals surface area contributed by atoms with Crippen molar-refractivity contribution in [2.45, 2.75) is 25.8 Å². The van der Waals surface area contributed by atoms with Crippen molar-refractivity contribution in [1.29, 1.82) is 0 Å². The molecule has 0 atom stereocenters. The standard InChI is InChI=1S/C15H20BrNO2/c1-10(9-17-12-4-5-12)6-11-7-14(18-2)15(19-3)8-13(11)16/h6-8,12,17H,4-5,9H2,1-3H3. The van der Waals surface area contributed by atoms with Crippen LogP contribution in [0.5, 0.6) is 11.5 Å². The van der Waals surface area contributed by atoms with Gasteiger partial charge in [0.05, 0.1) is 14.2 Å². The van der Waals surface area contributed by atoms with Crippen LogP contribution in [0.4, 0.5) is 0 Å². The van der Waals surface area contributed by atoms with Crippen LogP contribution in [0, 0.1) is 0 Å². The number of methoxy groups -OCH3 is 2. The summed E-state index contributed by atoms with van der Waals surface area (Å²) in [5.74, 6) is 1.49. The van der Waals surface area contributed by atoms with Crippen LogP contribution in [0.3, 0.4) is 0 Å². The van der Waals surface area contributed by atoms with E-state index in [2.05, 4.69) is 34.2 Å². The lowest BCUT2D eigenvalue weighted by Gasteiger charge is -2.11. The lowest BCUT2D eigenvalue weighted by molar-refractivity contribution is 0.354. The highest BCUT2D eigenvalue weighted by molar-refractivity contribution is 9.10.